The van der Waals surface area contributed by atoms with E-state index in [9.17, 15) is 0 Å². The van der Waals surface area contributed by atoms with Crippen molar-refractivity contribution in [1.29, 1.82) is 0 Å². The van der Waals surface area contributed by atoms with Crippen molar-refractivity contribution in [2.45, 2.75) is 65.2 Å². The Balaban J connectivity index is 1.46. The molecule has 0 aliphatic rings. The molecule has 3 rings (SSSR count). The first-order chi connectivity index (χ1) is 17.8. The number of unbranched alkanes of at least 4 members (excludes halogenated alkanes) is 6. The quantitative estimate of drug-likeness (QED) is 0.203. The number of hydrogen-bond acceptors (Lipinski definition) is 4. The van der Waals surface area contributed by atoms with Crippen LogP contribution in [0.2, 0.25) is 0 Å². The molecule has 0 N–H and O–H groups in total. The van der Waals surface area contributed by atoms with Crippen LogP contribution in [0.4, 0.5) is 0 Å². The second-order valence-electron chi connectivity index (χ2n) is 8.66. The second-order valence-corrected chi connectivity index (χ2v) is 8.66. The highest BCUT2D eigenvalue weighted by Gasteiger charge is 1.97. The van der Waals surface area contributed by atoms with E-state index in [1.165, 1.54) is 38.5 Å². The molecule has 0 bridgehead atoms. The molecule has 36 heavy (non-hydrogen) atoms. The first-order valence-corrected chi connectivity index (χ1v) is 13.1. The van der Waals surface area contributed by atoms with E-state index >= 15 is 0 Å². The van der Waals surface area contributed by atoms with Gasteiger partial charge in [-0.05, 0) is 67.3 Å². The van der Waals surface area contributed by atoms with Gasteiger partial charge in [0.25, 0.3) is 0 Å². The van der Waals surface area contributed by atoms with Crippen LogP contribution in [0.5, 0.6) is 11.5 Å². The number of aromatic nitrogens is 2. The van der Waals surface area contributed by atoms with Gasteiger partial charge in [-0.2, -0.15) is 0 Å². The van der Waals surface area contributed by atoms with E-state index in [0.717, 1.165) is 54.2 Å². The molecule has 0 spiro atoms. The zero-order valence-corrected chi connectivity index (χ0v) is 21.6. The van der Waals surface area contributed by atoms with Crippen molar-refractivity contribution in [2.75, 3.05) is 13.2 Å². The smallest absolute Gasteiger partial charge is 0.205 e. The lowest BCUT2D eigenvalue weighted by atomic mass is 10.2. The van der Waals surface area contributed by atoms with Gasteiger partial charge in [-0.25, -0.2) is 9.97 Å². The number of rotatable bonds is 12. The molecule has 1 heterocycles. The summed E-state index contributed by atoms with van der Waals surface area (Å²) < 4.78 is 11.6. The highest BCUT2D eigenvalue weighted by atomic mass is 16.5. The minimum atomic E-state index is 0.470. The molecule has 0 aliphatic heterocycles. The fourth-order valence-electron chi connectivity index (χ4n) is 3.44. The minimum absolute atomic E-state index is 0.470. The molecule has 0 saturated heterocycles. The fraction of sp³-hybridized carbons (Fsp3) is 0.375. The topological polar surface area (TPSA) is 44.2 Å². The third kappa shape index (κ3) is 10.2. The Morgan fingerprint density at radius 1 is 0.528 bits per heavy atom. The maximum absolute atomic E-state index is 5.78. The molecule has 186 valence electrons. The van der Waals surface area contributed by atoms with Crippen molar-refractivity contribution in [2.24, 2.45) is 0 Å². The zero-order chi connectivity index (χ0) is 25.3. The molecule has 0 fully saturated rings. The average Bonchev–Trinajstić information content (AvgIpc) is 2.92. The summed E-state index contributed by atoms with van der Waals surface area (Å²) in [5.74, 6) is 14.6. The maximum Gasteiger partial charge on any atom is 0.205 e. The van der Waals surface area contributed by atoms with Gasteiger partial charge >= 0.3 is 0 Å². The van der Waals surface area contributed by atoms with Crippen molar-refractivity contribution in [3.05, 3.63) is 83.4 Å². The molecule has 0 radical (unpaired) electrons. The van der Waals surface area contributed by atoms with E-state index in [1.54, 1.807) is 12.4 Å². The summed E-state index contributed by atoms with van der Waals surface area (Å²) in [7, 11) is 0. The van der Waals surface area contributed by atoms with Crippen LogP contribution in [-0.4, -0.2) is 23.2 Å². The van der Waals surface area contributed by atoms with Gasteiger partial charge in [0, 0.05) is 23.5 Å². The van der Waals surface area contributed by atoms with E-state index in [1.807, 2.05) is 48.5 Å². The standard InChI is InChI=1S/C32H36N2O2/c1-3-5-7-9-23-35-30-18-13-27(14-19-30)11-12-29-25-33-32(34-26-29)22-17-28-15-20-31(21-16-28)36-24-10-8-6-4-2/h13-16,18-21,25-26H,3-10,23-24H2,1-2H3. The highest BCUT2D eigenvalue weighted by Crippen LogP contribution is 2.14. The Labute approximate surface area is 216 Å². The molecular weight excluding hydrogens is 444 g/mol. The largest absolute Gasteiger partial charge is 0.494 e. The van der Waals surface area contributed by atoms with Gasteiger partial charge in [-0.15, -0.1) is 0 Å². The Hall–Kier alpha value is -3.76. The third-order valence-electron chi connectivity index (χ3n) is 5.56. The lowest BCUT2D eigenvalue weighted by Crippen LogP contribution is -1.97. The van der Waals surface area contributed by atoms with Gasteiger partial charge in [0.1, 0.15) is 11.5 Å². The lowest BCUT2D eigenvalue weighted by Gasteiger charge is -2.05. The Morgan fingerprint density at radius 2 is 0.972 bits per heavy atom. The fourth-order valence-corrected chi connectivity index (χ4v) is 3.44. The lowest BCUT2D eigenvalue weighted by molar-refractivity contribution is 0.305. The Kier molecular flexibility index (Phi) is 11.9. The molecule has 0 atom stereocenters. The Morgan fingerprint density at radius 3 is 1.44 bits per heavy atom. The average molecular weight is 481 g/mol. The summed E-state index contributed by atoms with van der Waals surface area (Å²) in [6.45, 7) is 5.94. The molecule has 2 aromatic carbocycles. The van der Waals surface area contributed by atoms with Crippen molar-refractivity contribution >= 4 is 0 Å². The number of hydrogen-bond donors (Lipinski definition) is 0. The number of benzene rings is 2. The molecule has 4 heteroatoms. The van der Waals surface area contributed by atoms with Crippen molar-refractivity contribution < 1.29 is 9.47 Å². The monoisotopic (exact) mass is 480 g/mol. The van der Waals surface area contributed by atoms with Gasteiger partial charge < -0.3 is 9.47 Å². The highest BCUT2D eigenvalue weighted by molar-refractivity contribution is 5.44. The SMILES string of the molecule is CCCCCCOc1ccc(C#Cc2cnc(C#Cc3ccc(OCCCCCC)cc3)nc2)cc1. The predicted molar refractivity (Wildman–Crippen MR) is 146 cm³/mol. The normalized spacial score (nSPS) is 10.1. The van der Waals surface area contributed by atoms with Crippen LogP contribution < -0.4 is 9.47 Å². The maximum atomic E-state index is 5.78. The van der Waals surface area contributed by atoms with Gasteiger partial charge in [0.15, 0.2) is 0 Å². The van der Waals surface area contributed by atoms with Crippen LogP contribution in [0.3, 0.4) is 0 Å². The number of nitrogens with zero attached hydrogens (tertiary/aromatic N) is 2. The van der Waals surface area contributed by atoms with E-state index in [-0.39, 0.29) is 0 Å². The van der Waals surface area contributed by atoms with Gasteiger partial charge in [0.2, 0.25) is 5.82 Å². The third-order valence-corrected chi connectivity index (χ3v) is 5.56. The van der Waals surface area contributed by atoms with Gasteiger partial charge in [0.05, 0.1) is 18.8 Å². The molecule has 4 nitrogen and oxygen atoms in total. The van der Waals surface area contributed by atoms with Crippen molar-refractivity contribution in [3.8, 4) is 35.2 Å². The van der Waals surface area contributed by atoms with Crippen LogP contribution in [0.25, 0.3) is 0 Å². The van der Waals surface area contributed by atoms with Crippen LogP contribution in [0.1, 0.15) is 87.7 Å². The van der Waals surface area contributed by atoms with Crippen LogP contribution >= 0.6 is 0 Å². The van der Waals surface area contributed by atoms with Gasteiger partial charge in [-0.3, -0.25) is 0 Å². The van der Waals surface area contributed by atoms with Crippen molar-refractivity contribution in [1.82, 2.24) is 9.97 Å². The number of ether oxygens (including phenoxy) is 2. The zero-order valence-electron chi connectivity index (χ0n) is 21.6. The van der Waals surface area contributed by atoms with Crippen LogP contribution in [-0.2, 0) is 0 Å². The van der Waals surface area contributed by atoms with E-state index in [0.29, 0.717) is 5.82 Å². The van der Waals surface area contributed by atoms with E-state index < -0.39 is 0 Å². The molecule has 0 saturated carbocycles. The Bertz CT molecular complexity index is 1050. The first-order valence-electron chi connectivity index (χ1n) is 13.1. The van der Waals surface area contributed by atoms with E-state index in [2.05, 4.69) is 47.5 Å². The summed E-state index contributed by atoms with van der Waals surface area (Å²) in [5.41, 5.74) is 2.57. The van der Waals surface area contributed by atoms with E-state index in [4.69, 9.17) is 9.47 Å². The molecule has 1 aromatic heterocycles. The molecule has 3 aromatic rings. The van der Waals surface area contributed by atoms with Crippen LogP contribution in [0.15, 0.2) is 60.9 Å². The van der Waals surface area contributed by atoms with Gasteiger partial charge in [-0.1, -0.05) is 70.1 Å². The predicted octanol–water partition coefficient (Wildman–Crippen LogP) is 7.19. The molecule has 0 amide bonds. The molecule has 0 unspecified atom stereocenters. The summed E-state index contributed by atoms with van der Waals surface area (Å²) in [6.07, 6.45) is 13.0. The molecule has 0 aliphatic carbocycles. The summed E-state index contributed by atoms with van der Waals surface area (Å²) in [5, 5.41) is 0. The first kappa shape index (κ1) is 26.8. The van der Waals surface area contributed by atoms with Crippen molar-refractivity contribution in [3.63, 3.8) is 0 Å². The minimum Gasteiger partial charge on any atom is -0.494 e. The second kappa shape index (κ2) is 16.0. The van der Waals surface area contributed by atoms with Crippen LogP contribution in [0, 0.1) is 23.7 Å². The summed E-state index contributed by atoms with van der Waals surface area (Å²) in [6, 6.07) is 15.7. The summed E-state index contributed by atoms with van der Waals surface area (Å²) in [4.78, 5) is 8.65. The molecular formula is C32H36N2O2. The summed E-state index contributed by atoms with van der Waals surface area (Å²) >= 11 is 0.